The Kier molecular flexibility index (Phi) is 5.18. The first kappa shape index (κ1) is 18.2. The average Bonchev–Trinajstić information content (AvgIpc) is 3.10. The van der Waals surface area contributed by atoms with E-state index in [-0.39, 0.29) is 22.0 Å². The van der Waals surface area contributed by atoms with E-state index in [1.54, 1.807) is 18.2 Å². The van der Waals surface area contributed by atoms with Gasteiger partial charge >= 0.3 is 0 Å². The highest BCUT2D eigenvalue weighted by molar-refractivity contribution is 6.32. The molecule has 0 unspecified atom stereocenters. The Morgan fingerprint density at radius 3 is 2.78 bits per heavy atom. The second-order valence-electron chi connectivity index (χ2n) is 5.37. The second-order valence-corrected chi connectivity index (χ2v) is 5.78. The van der Waals surface area contributed by atoms with Crippen LogP contribution in [0.25, 0.3) is 11.3 Å². The fraction of sp³-hybridized carbons (Fsp3) is 0. The number of amides is 1. The zero-order chi connectivity index (χ0) is 19.4. The van der Waals surface area contributed by atoms with Crippen LogP contribution in [0, 0.1) is 10.1 Å². The molecule has 27 heavy (non-hydrogen) atoms. The Balaban J connectivity index is 1.71. The third-order valence-corrected chi connectivity index (χ3v) is 3.84. The molecular weight excluding hydrogens is 374 g/mol. The molecule has 2 aromatic carbocycles. The molecule has 0 saturated heterocycles. The number of aromatic hydroxyl groups is 1. The first-order valence-corrected chi connectivity index (χ1v) is 7.98. The molecule has 0 atom stereocenters. The molecule has 0 bridgehead atoms. The molecule has 0 radical (unpaired) electrons. The van der Waals surface area contributed by atoms with E-state index in [4.69, 9.17) is 16.0 Å². The molecule has 0 saturated carbocycles. The molecule has 136 valence electrons. The maximum Gasteiger partial charge on any atom is 0.288 e. The van der Waals surface area contributed by atoms with E-state index in [2.05, 4.69) is 10.5 Å². The lowest BCUT2D eigenvalue weighted by atomic mass is 10.1. The van der Waals surface area contributed by atoms with Gasteiger partial charge in [0.25, 0.3) is 11.6 Å². The molecule has 8 nitrogen and oxygen atoms in total. The summed E-state index contributed by atoms with van der Waals surface area (Å²) in [5, 5.41) is 24.1. The number of carbonyl (C=O) groups is 1. The van der Waals surface area contributed by atoms with Crippen LogP contribution in [-0.4, -0.2) is 22.2 Å². The summed E-state index contributed by atoms with van der Waals surface area (Å²) in [7, 11) is 0. The molecule has 9 heteroatoms. The number of phenolic OH excluding ortho intramolecular Hbond substituents is 1. The molecule has 0 aliphatic rings. The summed E-state index contributed by atoms with van der Waals surface area (Å²) in [5.74, 6) is 0.191. The van der Waals surface area contributed by atoms with Crippen molar-refractivity contribution >= 4 is 29.4 Å². The molecule has 0 aliphatic heterocycles. The van der Waals surface area contributed by atoms with Crippen molar-refractivity contribution in [1.29, 1.82) is 0 Å². The van der Waals surface area contributed by atoms with Crippen molar-refractivity contribution in [3.8, 4) is 17.1 Å². The molecule has 0 spiro atoms. The van der Waals surface area contributed by atoms with E-state index < -0.39 is 10.8 Å². The summed E-state index contributed by atoms with van der Waals surface area (Å²) in [4.78, 5) is 22.3. The van der Waals surface area contributed by atoms with Gasteiger partial charge in [-0.05, 0) is 42.5 Å². The lowest BCUT2D eigenvalue weighted by Gasteiger charge is -2.00. The van der Waals surface area contributed by atoms with Crippen molar-refractivity contribution in [2.75, 3.05) is 0 Å². The summed E-state index contributed by atoms with van der Waals surface area (Å²) >= 11 is 5.79. The van der Waals surface area contributed by atoms with Gasteiger partial charge in [-0.2, -0.15) is 5.10 Å². The van der Waals surface area contributed by atoms with Crippen LogP contribution in [0.4, 0.5) is 5.69 Å². The van der Waals surface area contributed by atoms with Gasteiger partial charge in [-0.25, -0.2) is 5.43 Å². The number of carbonyl (C=O) groups excluding carboxylic acids is 1. The number of nitrogens with one attached hydrogen (secondary N) is 1. The van der Waals surface area contributed by atoms with Crippen molar-refractivity contribution in [2.24, 2.45) is 5.10 Å². The van der Waals surface area contributed by atoms with Crippen molar-refractivity contribution in [3.05, 3.63) is 81.1 Å². The summed E-state index contributed by atoms with van der Waals surface area (Å²) in [5.41, 5.74) is 2.82. The Labute approximate surface area is 157 Å². The van der Waals surface area contributed by atoms with Gasteiger partial charge in [-0.3, -0.25) is 14.9 Å². The Morgan fingerprint density at radius 2 is 2.04 bits per heavy atom. The van der Waals surface area contributed by atoms with Gasteiger partial charge in [0, 0.05) is 17.2 Å². The van der Waals surface area contributed by atoms with Gasteiger partial charge in [0.1, 0.15) is 22.3 Å². The third-order valence-electron chi connectivity index (χ3n) is 3.52. The number of nitro groups is 1. The quantitative estimate of drug-likeness (QED) is 0.391. The van der Waals surface area contributed by atoms with Crippen molar-refractivity contribution < 1.29 is 19.2 Å². The van der Waals surface area contributed by atoms with Crippen molar-refractivity contribution in [1.82, 2.24) is 5.43 Å². The predicted molar refractivity (Wildman–Crippen MR) is 99.0 cm³/mol. The highest BCUT2D eigenvalue weighted by atomic mass is 35.5. The van der Waals surface area contributed by atoms with Gasteiger partial charge < -0.3 is 9.52 Å². The zero-order valence-corrected chi connectivity index (χ0v) is 14.4. The first-order valence-electron chi connectivity index (χ1n) is 7.60. The molecule has 0 fully saturated rings. The number of rotatable bonds is 5. The van der Waals surface area contributed by atoms with Gasteiger partial charge in [0.15, 0.2) is 0 Å². The summed E-state index contributed by atoms with van der Waals surface area (Å²) < 4.78 is 5.54. The maximum absolute atomic E-state index is 11.9. The number of benzene rings is 2. The molecule has 2 N–H and O–H groups in total. The van der Waals surface area contributed by atoms with Crippen molar-refractivity contribution in [3.63, 3.8) is 0 Å². The third kappa shape index (κ3) is 4.31. The summed E-state index contributed by atoms with van der Waals surface area (Å²) in [6.45, 7) is 0. The standard InChI is InChI=1S/C18H12ClN3O5/c19-15-6-4-11(9-16(15)22(25)26)17-7-5-14(27-17)10-20-21-18(24)12-2-1-3-13(23)8-12/h1-10,23H,(H,21,24)/b20-10+. The fourth-order valence-electron chi connectivity index (χ4n) is 2.25. The fourth-order valence-corrected chi connectivity index (χ4v) is 2.44. The van der Waals surface area contributed by atoms with Gasteiger partial charge in [0.2, 0.25) is 0 Å². The van der Waals surface area contributed by atoms with E-state index in [9.17, 15) is 20.0 Å². The number of halogens is 1. The monoisotopic (exact) mass is 385 g/mol. The molecule has 0 aliphatic carbocycles. The first-order chi connectivity index (χ1) is 12.9. The van der Waals surface area contributed by atoms with E-state index in [0.29, 0.717) is 17.1 Å². The highest BCUT2D eigenvalue weighted by Gasteiger charge is 2.15. The molecule has 1 heterocycles. The number of hydrazone groups is 1. The van der Waals surface area contributed by atoms with Crippen LogP contribution in [-0.2, 0) is 0 Å². The molecule has 3 aromatic rings. The smallest absolute Gasteiger partial charge is 0.288 e. The van der Waals surface area contributed by atoms with Crippen LogP contribution in [0.15, 0.2) is 64.1 Å². The minimum absolute atomic E-state index is 0.0284. The predicted octanol–water partition coefficient (Wildman–Crippen LogP) is 3.98. The number of phenols is 1. The summed E-state index contributed by atoms with van der Waals surface area (Å²) in [6.07, 6.45) is 1.29. The molecule has 1 aromatic heterocycles. The van der Waals surface area contributed by atoms with E-state index in [0.717, 1.165) is 0 Å². The largest absolute Gasteiger partial charge is 0.508 e. The SMILES string of the molecule is O=C(N/N=C/c1ccc(-c2ccc(Cl)c([N+](=O)[O-])c2)o1)c1cccc(O)c1. The Morgan fingerprint density at radius 1 is 1.22 bits per heavy atom. The van der Waals surface area contributed by atoms with Gasteiger partial charge in [-0.15, -0.1) is 0 Å². The van der Waals surface area contributed by atoms with E-state index in [1.165, 1.54) is 42.6 Å². The van der Waals surface area contributed by atoms with Crippen LogP contribution in [0.3, 0.4) is 0 Å². The highest BCUT2D eigenvalue weighted by Crippen LogP contribution is 2.31. The van der Waals surface area contributed by atoms with Crippen LogP contribution in [0.2, 0.25) is 5.02 Å². The molecular formula is C18H12ClN3O5. The molecule has 3 rings (SSSR count). The molecule has 1 amide bonds. The zero-order valence-electron chi connectivity index (χ0n) is 13.6. The second kappa shape index (κ2) is 7.71. The topological polar surface area (TPSA) is 118 Å². The Bertz CT molecular complexity index is 1040. The van der Waals surface area contributed by atoms with Gasteiger partial charge in [-0.1, -0.05) is 17.7 Å². The minimum atomic E-state index is -0.575. The summed E-state index contributed by atoms with van der Waals surface area (Å²) in [6, 6.07) is 13.4. The van der Waals surface area contributed by atoms with Crippen molar-refractivity contribution in [2.45, 2.75) is 0 Å². The van der Waals surface area contributed by atoms with Crippen LogP contribution >= 0.6 is 11.6 Å². The van der Waals surface area contributed by atoms with E-state index in [1.807, 2.05) is 0 Å². The number of nitrogens with zero attached hydrogens (tertiary/aromatic N) is 2. The maximum atomic E-state index is 11.9. The van der Waals surface area contributed by atoms with Crippen LogP contribution < -0.4 is 5.43 Å². The number of hydrogen-bond acceptors (Lipinski definition) is 6. The Hall–Kier alpha value is -3.65. The number of furan rings is 1. The lowest BCUT2D eigenvalue weighted by molar-refractivity contribution is -0.384. The average molecular weight is 386 g/mol. The minimum Gasteiger partial charge on any atom is -0.508 e. The number of hydrogen-bond donors (Lipinski definition) is 2. The van der Waals surface area contributed by atoms with Gasteiger partial charge in [0.05, 0.1) is 11.1 Å². The van der Waals surface area contributed by atoms with E-state index >= 15 is 0 Å². The van der Waals surface area contributed by atoms with Crippen LogP contribution in [0.1, 0.15) is 16.1 Å². The normalized spacial score (nSPS) is 10.9. The van der Waals surface area contributed by atoms with Crippen LogP contribution in [0.5, 0.6) is 5.75 Å². The number of nitro benzene ring substituents is 1. The lowest BCUT2D eigenvalue weighted by Crippen LogP contribution is -2.17.